The maximum Gasteiger partial charge on any atom is 0.266 e. The van der Waals surface area contributed by atoms with Crippen LogP contribution in [0.15, 0.2) is 54.6 Å². The number of aromatic nitrogens is 1. The zero-order chi connectivity index (χ0) is 19.5. The monoisotopic (exact) mass is 391 g/mol. The summed E-state index contributed by atoms with van der Waals surface area (Å²) in [5.41, 5.74) is 4.45. The summed E-state index contributed by atoms with van der Waals surface area (Å²) in [7, 11) is 0. The van der Waals surface area contributed by atoms with Gasteiger partial charge >= 0.3 is 0 Å². The van der Waals surface area contributed by atoms with E-state index < -0.39 is 0 Å². The predicted octanol–water partition coefficient (Wildman–Crippen LogP) is 4.38. The molecule has 4 nitrogen and oxygen atoms in total. The first-order chi connectivity index (χ1) is 13.6. The maximum absolute atomic E-state index is 13.2. The van der Waals surface area contributed by atoms with E-state index in [2.05, 4.69) is 41.1 Å². The van der Waals surface area contributed by atoms with E-state index in [4.69, 9.17) is 0 Å². The molecular formula is C23H25N3OS. The molecule has 0 aliphatic carbocycles. The number of hydrogen-bond donors (Lipinski definition) is 0. The fraction of sp³-hybridized carbons (Fsp3) is 0.304. The largest absolute Gasteiger partial charge is 0.335 e. The molecule has 0 atom stereocenters. The van der Waals surface area contributed by atoms with Gasteiger partial charge in [-0.25, -0.2) is 4.98 Å². The van der Waals surface area contributed by atoms with Gasteiger partial charge in [-0.3, -0.25) is 9.69 Å². The summed E-state index contributed by atoms with van der Waals surface area (Å²) >= 11 is 1.50. The average Bonchev–Trinajstić information content (AvgIpc) is 3.10. The SMILES string of the molecule is Cc1cccc(CN2CCN(C(=O)c3sc(C)nc3-c3ccccc3)CC2)c1. The normalized spacial score (nSPS) is 15.0. The van der Waals surface area contributed by atoms with Crippen molar-refractivity contribution in [1.82, 2.24) is 14.8 Å². The Bertz CT molecular complexity index is 959. The Hall–Kier alpha value is -2.50. The van der Waals surface area contributed by atoms with E-state index in [1.807, 2.05) is 42.2 Å². The van der Waals surface area contributed by atoms with Crippen molar-refractivity contribution in [3.63, 3.8) is 0 Å². The zero-order valence-corrected chi connectivity index (χ0v) is 17.2. The Morgan fingerprint density at radius 3 is 2.46 bits per heavy atom. The lowest BCUT2D eigenvalue weighted by atomic mass is 10.1. The number of amides is 1. The second-order valence-corrected chi connectivity index (χ2v) is 8.54. The van der Waals surface area contributed by atoms with E-state index in [9.17, 15) is 4.79 Å². The number of hydrogen-bond acceptors (Lipinski definition) is 4. The minimum Gasteiger partial charge on any atom is -0.335 e. The molecule has 0 bridgehead atoms. The van der Waals surface area contributed by atoms with Crippen LogP contribution in [-0.2, 0) is 6.54 Å². The van der Waals surface area contributed by atoms with Gasteiger partial charge in [-0.05, 0) is 19.4 Å². The van der Waals surface area contributed by atoms with Gasteiger partial charge in [-0.1, -0.05) is 60.2 Å². The number of aryl methyl sites for hydroxylation is 2. The van der Waals surface area contributed by atoms with Gasteiger partial charge in [0.15, 0.2) is 0 Å². The summed E-state index contributed by atoms with van der Waals surface area (Å²) in [6.45, 7) is 8.36. The van der Waals surface area contributed by atoms with Crippen molar-refractivity contribution in [2.45, 2.75) is 20.4 Å². The lowest BCUT2D eigenvalue weighted by molar-refractivity contribution is 0.0633. The van der Waals surface area contributed by atoms with Crippen LogP contribution in [-0.4, -0.2) is 46.9 Å². The molecule has 0 saturated carbocycles. The van der Waals surface area contributed by atoms with Crippen LogP contribution in [0.25, 0.3) is 11.3 Å². The molecular weight excluding hydrogens is 366 g/mol. The van der Waals surface area contributed by atoms with Crippen molar-refractivity contribution < 1.29 is 4.79 Å². The van der Waals surface area contributed by atoms with E-state index in [0.717, 1.165) is 53.9 Å². The van der Waals surface area contributed by atoms with Crippen molar-refractivity contribution in [2.24, 2.45) is 0 Å². The summed E-state index contributed by atoms with van der Waals surface area (Å²) in [5.74, 6) is 0.111. The fourth-order valence-corrected chi connectivity index (χ4v) is 4.59. The molecule has 0 N–H and O–H groups in total. The van der Waals surface area contributed by atoms with Gasteiger partial charge in [-0.2, -0.15) is 0 Å². The fourth-order valence-electron chi connectivity index (χ4n) is 3.69. The van der Waals surface area contributed by atoms with Crippen LogP contribution in [0, 0.1) is 13.8 Å². The molecule has 28 heavy (non-hydrogen) atoms. The predicted molar refractivity (Wildman–Crippen MR) is 115 cm³/mol. The summed E-state index contributed by atoms with van der Waals surface area (Å²) in [6, 6.07) is 18.7. The van der Waals surface area contributed by atoms with E-state index in [1.165, 1.54) is 22.5 Å². The first-order valence-electron chi connectivity index (χ1n) is 9.70. The van der Waals surface area contributed by atoms with Crippen LogP contribution in [0.4, 0.5) is 0 Å². The number of nitrogens with zero attached hydrogens (tertiary/aromatic N) is 3. The number of thiazole rings is 1. The Morgan fingerprint density at radius 2 is 1.75 bits per heavy atom. The molecule has 0 spiro atoms. The third kappa shape index (κ3) is 4.16. The number of piperazine rings is 1. The first-order valence-corrected chi connectivity index (χ1v) is 10.5. The Kier molecular flexibility index (Phi) is 5.55. The van der Waals surface area contributed by atoms with E-state index in [-0.39, 0.29) is 5.91 Å². The van der Waals surface area contributed by atoms with Crippen molar-refractivity contribution in [3.05, 3.63) is 75.6 Å². The van der Waals surface area contributed by atoms with Gasteiger partial charge in [-0.15, -0.1) is 11.3 Å². The van der Waals surface area contributed by atoms with Gasteiger partial charge in [0.1, 0.15) is 4.88 Å². The van der Waals surface area contributed by atoms with Crippen LogP contribution in [0.5, 0.6) is 0 Å². The highest BCUT2D eigenvalue weighted by molar-refractivity contribution is 7.14. The lowest BCUT2D eigenvalue weighted by Crippen LogP contribution is -2.48. The van der Waals surface area contributed by atoms with Gasteiger partial charge in [0.25, 0.3) is 5.91 Å². The summed E-state index contributed by atoms with van der Waals surface area (Å²) in [6.07, 6.45) is 0. The second kappa shape index (κ2) is 8.25. The molecule has 144 valence electrons. The van der Waals surface area contributed by atoms with Gasteiger partial charge in [0.2, 0.25) is 0 Å². The number of benzene rings is 2. The molecule has 0 radical (unpaired) electrons. The zero-order valence-electron chi connectivity index (χ0n) is 16.4. The molecule has 0 unspecified atom stereocenters. The second-order valence-electron chi connectivity index (χ2n) is 7.33. The summed E-state index contributed by atoms with van der Waals surface area (Å²) < 4.78 is 0. The highest BCUT2D eigenvalue weighted by atomic mass is 32.1. The molecule has 2 aromatic carbocycles. The van der Waals surface area contributed by atoms with E-state index >= 15 is 0 Å². The average molecular weight is 392 g/mol. The number of carbonyl (C=O) groups excluding carboxylic acids is 1. The van der Waals surface area contributed by atoms with Crippen LogP contribution in [0.3, 0.4) is 0 Å². The standard InChI is InChI=1S/C23H25N3OS/c1-17-7-6-8-19(15-17)16-25-11-13-26(14-12-25)23(27)22-21(24-18(2)28-22)20-9-4-3-5-10-20/h3-10,15H,11-14,16H2,1-2H3. The number of carbonyl (C=O) groups is 1. The van der Waals surface area contributed by atoms with Gasteiger partial charge in [0.05, 0.1) is 10.7 Å². The van der Waals surface area contributed by atoms with Gasteiger partial charge in [0, 0.05) is 38.3 Å². The summed E-state index contributed by atoms with van der Waals surface area (Å²) in [5, 5.41) is 0.931. The Balaban J connectivity index is 1.43. The Labute approximate surface area is 170 Å². The molecule has 3 aromatic rings. The van der Waals surface area contributed by atoms with Crippen molar-refractivity contribution in [1.29, 1.82) is 0 Å². The van der Waals surface area contributed by atoms with E-state index in [1.54, 1.807) is 0 Å². The van der Waals surface area contributed by atoms with Gasteiger partial charge < -0.3 is 4.90 Å². The maximum atomic E-state index is 13.2. The van der Waals surface area contributed by atoms with Crippen LogP contribution in [0.2, 0.25) is 0 Å². The van der Waals surface area contributed by atoms with E-state index in [0.29, 0.717) is 0 Å². The van der Waals surface area contributed by atoms with Crippen molar-refractivity contribution in [2.75, 3.05) is 26.2 Å². The Morgan fingerprint density at radius 1 is 1.00 bits per heavy atom. The number of rotatable bonds is 4. The van der Waals surface area contributed by atoms with Crippen molar-refractivity contribution in [3.8, 4) is 11.3 Å². The topological polar surface area (TPSA) is 36.4 Å². The molecule has 1 aliphatic heterocycles. The third-order valence-electron chi connectivity index (χ3n) is 5.12. The van der Waals surface area contributed by atoms with Crippen LogP contribution in [0.1, 0.15) is 25.8 Å². The highest BCUT2D eigenvalue weighted by Gasteiger charge is 2.26. The smallest absolute Gasteiger partial charge is 0.266 e. The molecule has 1 amide bonds. The molecule has 1 fully saturated rings. The lowest BCUT2D eigenvalue weighted by Gasteiger charge is -2.34. The minimum atomic E-state index is 0.111. The third-order valence-corrected chi connectivity index (χ3v) is 6.08. The van der Waals surface area contributed by atoms with Crippen molar-refractivity contribution >= 4 is 17.2 Å². The molecule has 2 heterocycles. The minimum absolute atomic E-state index is 0.111. The summed E-state index contributed by atoms with van der Waals surface area (Å²) in [4.78, 5) is 23.0. The van der Waals surface area contributed by atoms with Crippen LogP contribution >= 0.6 is 11.3 Å². The molecule has 1 aromatic heterocycles. The highest BCUT2D eigenvalue weighted by Crippen LogP contribution is 2.29. The molecule has 1 saturated heterocycles. The molecule has 4 rings (SSSR count). The molecule has 1 aliphatic rings. The first kappa shape index (κ1) is 18.8. The quantitative estimate of drug-likeness (QED) is 0.662. The molecule has 5 heteroatoms. The van der Waals surface area contributed by atoms with Crippen LogP contribution < -0.4 is 0 Å².